The maximum Gasteiger partial charge on any atom is 0.347 e. The highest BCUT2D eigenvalue weighted by Gasteiger charge is 2.45. The van der Waals surface area contributed by atoms with Gasteiger partial charge >= 0.3 is 11.9 Å². The van der Waals surface area contributed by atoms with Crippen molar-refractivity contribution in [3.05, 3.63) is 35.4 Å². The lowest BCUT2D eigenvalue weighted by Crippen LogP contribution is -2.49. The lowest BCUT2D eigenvalue weighted by Gasteiger charge is -2.28. The summed E-state index contributed by atoms with van der Waals surface area (Å²) in [5.74, 6) is -2.80. The van der Waals surface area contributed by atoms with Crippen LogP contribution in [0, 0.1) is 5.92 Å². The van der Waals surface area contributed by atoms with E-state index in [1.54, 1.807) is 38.1 Å². The SMILES string of the molecule is CC(C)[C@@H](C(=O)O[C@@H]1CCOC1=O)N1C(=O)c2ccccc2C1=O. The Morgan fingerprint density at radius 2 is 1.75 bits per heavy atom. The van der Waals surface area contributed by atoms with Gasteiger partial charge in [0.05, 0.1) is 17.7 Å². The average molecular weight is 331 g/mol. The van der Waals surface area contributed by atoms with Gasteiger partial charge in [-0.15, -0.1) is 0 Å². The molecule has 1 aromatic carbocycles. The molecule has 3 rings (SSSR count). The van der Waals surface area contributed by atoms with E-state index in [-0.39, 0.29) is 30.1 Å². The number of benzene rings is 1. The Balaban J connectivity index is 1.87. The third-order valence-electron chi connectivity index (χ3n) is 4.12. The molecule has 7 nitrogen and oxygen atoms in total. The number of esters is 2. The summed E-state index contributed by atoms with van der Waals surface area (Å²) in [7, 11) is 0. The number of cyclic esters (lactones) is 1. The van der Waals surface area contributed by atoms with Gasteiger partial charge in [0, 0.05) is 6.42 Å². The molecule has 0 radical (unpaired) electrons. The summed E-state index contributed by atoms with van der Waals surface area (Å²) in [6.45, 7) is 3.61. The van der Waals surface area contributed by atoms with Crippen molar-refractivity contribution in [2.75, 3.05) is 6.61 Å². The predicted octanol–water partition coefficient (Wildman–Crippen LogP) is 1.17. The van der Waals surface area contributed by atoms with Crippen molar-refractivity contribution in [2.24, 2.45) is 5.92 Å². The molecule has 0 aromatic heterocycles. The Kier molecular flexibility index (Phi) is 4.09. The first-order valence-corrected chi connectivity index (χ1v) is 7.76. The molecule has 1 saturated heterocycles. The number of ether oxygens (including phenoxy) is 2. The standard InChI is InChI=1S/C17H17NO6/c1-9(2)13(17(22)24-12-7-8-23-16(12)21)18-14(19)10-5-3-4-6-11(10)15(18)20/h3-6,9,12-13H,7-8H2,1-2H3/t12-,13+/m1/s1. The van der Waals surface area contributed by atoms with E-state index in [0.29, 0.717) is 0 Å². The van der Waals surface area contributed by atoms with Crippen LogP contribution in [0.25, 0.3) is 0 Å². The molecule has 2 atom stereocenters. The van der Waals surface area contributed by atoms with Crippen molar-refractivity contribution in [2.45, 2.75) is 32.4 Å². The normalized spacial score (nSPS) is 21.0. The summed E-state index contributed by atoms with van der Waals surface area (Å²) in [6, 6.07) is 5.32. The van der Waals surface area contributed by atoms with Crippen LogP contribution in [0.5, 0.6) is 0 Å². The Hall–Kier alpha value is -2.70. The van der Waals surface area contributed by atoms with E-state index >= 15 is 0 Å². The molecule has 1 aromatic rings. The van der Waals surface area contributed by atoms with Crippen molar-refractivity contribution in [1.29, 1.82) is 0 Å². The van der Waals surface area contributed by atoms with Gasteiger partial charge in [0.2, 0.25) is 6.10 Å². The van der Waals surface area contributed by atoms with Gasteiger partial charge in [0.15, 0.2) is 0 Å². The van der Waals surface area contributed by atoms with E-state index in [0.717, 1.165) is 4.90 Å². The second-order valence-electron chi connectivity index (χ2n) is 6.10. The molecule has 0 spiro atoms. The Morgan fingerprint density at radius 3 is 2.21 bits per heavy atom. The second kappa shape index (κ2) is 6.07. The summed E-state index contributed by atoms with van der Waals surface area (Å²) in [5.41, 5.74) is 0.530. The van der Waals surface area contributed by atoms with Gasteiger partial charge in [-0.2, -0.15) is 0 Å². The van der Waals surface area contributed by atoms with Gasteiger partial charge in [-0.25, -0.2) is 9.59 Å². The molecule has 24 heavy (non-hydrogen) atoms. The van der Waals surface area contributed by atoms with Crippen molar-refractivity contribution in [3.63, 3.8) is 0 Å². The van der Waals surface area contributed by atoms with Gasteiger partial charge in [-0.3, -0.25) is 14.5 Å². The lowest BCUT2D eigenvalue weighted by atomic mass is 10.0. The zero-order valence-electron chi connectivity index (χ0n) is 13.4. The van der Waals surface area contributed by atoms with Crippen LogP contribution in [0.4, 0.5) is 0 Å². The third-order valence-corrected chi connectivity index (χ3v) is 4.12. The fraction of sp³-hybridized carbons (Fsp3) is 0.412. The lowest BCUT2D eigenvalue weighted by molar-refractivity contribution is -0.164. The van der Waals surface area contributed by atoms with Crippen molar-refractivity contribution < 1.29 is 28.7 Å². The molecule has 0 N–H and O–H groups in total. The van der Waals surface area contributed by atoms with Crippen LogP contribution in [0.2, 0.25) is 0 Å². The topological polar surface area (TPSA) is 90.0 Å². The molecule has 126 valence electrons. The second-order valence-corrected chi connectivity index (χ2v) is 6.10. The number of carbonyl (C=O) groups is 4. The number of amides is 2. The number of rotatable bonds is 4. The fourth-order valence-corrected chi connectivity index (χ4v) is 2.93. The number of hydrogen-bond acceptors (Lipinski definition) is 6. The summed E-state index contributed by atoms with van der Waals surface area (Å²) in [6.07, 6.45) is -0.703. The van der Waals surface area contributed by atoms with Gasteiger partial charge in [-0.05, 0) is 18.1 Å². The van der Waals surface area contributed by atoms with Crippen LogP contribution in [-0.2, 0) is 19.1 Å². The fourth-order valence-electron chi connectivity index (χ4n) is 2.93. The van der Waals surface area contributed by atoms with E-state index in [9.17, 15) is 19.2 Å². The molecule has 7 heteroatoms. The van der Waals surface area contributed by atoms with Gasteiger partial charge in [-0.1, -0.05) is 26.0 Å². The van der Waals surface area contributed by atoms with Crippen molar-refractivity contribution in [1.82, 2.24) is 4.90 Å². The largest absolute Gasteiger partial charge is 0.463 e. The number of hydrogen-bond donors (Lipinski definition) is 0. The molecular formula is C17H17NO6. The van der Waals surface area contributed by atoms with Crippen LogP contribution in [0.15, 0.2) is 24.3 Å². The third kappa shape index (κ3) is 2.55. The van der Waals surface area contributed by atoms with Crippen LogP contribution in [0.3, 0.4) is 0 Å². The summed E-state index contributed by atoms with van der Waals surface area (Å²) >= 11 is 0. The summed E-state index contributed by atoms with van der Waals surface area (Å²) in [4.78, 5) is 50.1. The van der Waals surface area contributed by atoms with E-state index < -0.39 is 35.9 Å². The van der Waals surface area contributed by atoms with Crippen LogP contribution >= 0.6 is 0 Å². The molecule has 0 aliphatic carbocycles. The molecule has 1 fully saturated rings. The summed E-state index contributed by atoms with van der Waals surface area (Å²) in [5, 5.41) is 0. The maximum atomic E-state index is 12.6. The van der Waals surface area contributed by atoms with Crippen molar-refractivity contribution in [3.8, 4) is 0 Å². The zero-order chi connectivity index (χ0) is 17.4. The van der Waals surface area contributed by atoms with E-state index in [4.69, 9.17) is 9.47 Å². The number of nitrogens with zero attached hydrogens (tertiary/aromatic N) is 1. The van der Waals surface area contributed by atoms with Crippen LogP contribution in [0.1, 0.15) is 41.0 Å². The van der Waals surface area contributed by atoms with E-state index in [1.165, 1.54) is 0 Å². The highest BCUT2D eigenvalue weighted by molar-refractivity contribution is 6.22. The first-order valence-electron chi connectivity index (χ1n) is 7.76. The predicted molar refractivity (Wildman–Crippen MR) is 81.0 cm³/mol. The highest BCUT2D eigenvalue weighted by Crippen LogP contribution is 2.28. The monoisotopic (exact) mass is 331 g/mol. The zero-order valence-corrected chi connectivity index (χ0v) is 13.4. The molecule has 2 aliphatic heterocycles. The minimum atomic E-state index is -1.09. The number of imide groups is 1. The molecule has 0 bridgehead atoms. The van der Waals surface area contributed by atoms with Gasteiger partial charge in [0.1, 0.15) is 6.04 Å². The molecule has 0 saturated carbocycles. The van der Waals surface area contributed by atoms with Gasteiger partial charge < -0.3 is 9.47 Å². The highest BCUT2D eigenvalue weighted by atomic mass is 16.6. The molecule has 2 amide bonds. The molecule has 2 aliphatic rings. The van der Waals surface area contributed by atoms with E-state index in [2.05, 4.69) is 0 Å². The smallest absolute Gasteiger partial charge is 0.347 e. The minimum Gasteiger partial charge on any atom is -0.463 e. The maximum absolute atomic E-state index is 12.6. The minimum absolute atomic E-state index is 0.191. The average Bonchev–Trinajstić information content (AvgIpc) is 3.05. The first kappa shape index (κ1) is 16.2. The van der Waals surface area contributed by atoms with Crippen LogP contribution in [-0.4, -0.2) is 47.4 Å². The van der Waals surface area contributed by atoms with Crippen molar-refractivity contribution >= 4 is 23.8 Å². The van der Waals surface area contributed by atoms with Gasteiger partial charge in [0.25, 0.3) is 11.8 Å². The Bertz CT molecular complexity index is 691. The summed E-state index contributed by atoms with van der Waals surface area (Å²) < 4.78 is 9.96. The Morgan fingerprint density at radius 1 is 1.17 bits per heavy atom. The number of carbonyl (C=O) groups excluding carboxylic acids is 4. The van der Waals surface area contributed by atoms with Crippen LogP contribution < -0.4 is 0 Å². The quantitative estimate of drug-likeness (QED) is 0.607. The number of fused-ring (bicyclic) bond motifs is 1. The first-order chi connectivity index (χ1) is 11.4. The Labute approximate surface area is 138 Å². The molecular weight excluding hydrogens is 314 g/mol. The molecule has 2 heterocycles. The molecule has 0 unspecified atom stereocenters. The van der Waals surface area contributed by atoms with E-state index in [1.807, 2.05) is 0 Å².